The number of pyridine rings is 1. The van der Waals surface area contributed by atoms with Gasteiger partial charge < -0.3 is 20.9 Å². The third-order valence-corrected chi connectivity index (χ3v) is 5.66. The zero-order valence-electron chi connectivity index (χ0n) is 17.7. The highest BCUT2D eigenvalue weighted by Crippen LogP contribution is 2.21. The molecule has 0 radical (unpaired) electrons. The van der Waals surface area contributed by atoms with Crippen LogP contribution >= 0.6 is 0 Å². The number of carbonyl (C=O) groups is 1. The predicted molar refractivity (Wildman–Crippen MR) is 126 cm³/mol. The van der Waals surface area contributed by atoms with Crippen LogP contribution in [-0.4, -0.2) is 57.0 Å². The molecule has 1 aliphatic heterocycles. The average molecular weight is 428 g/mol. The number of nitrogens with two attached hydrogens (primary N) is 1. The fourth-order valence-corrected chi connectivity index (χ4v) is 3.97. The summed E-state index contributed by atoms with van der Waals surface area (Å²) in [4.78, 5) is 29.1. The molecule has 0 aliphatic carbocycles. The number of nitrogens with one attached hydrogen (secondary N) is 2. The lowest BCUT2D eigenvalue weighted by Gasteiger charge is -2.34. The Morgan fingerprint density at radius 2 is 1.91 bits per heavy atom. The van der Waals surface area contributed by atoms with Crippen molar-refractivity contribution in [1.82, 2.24) is 24.8 Å². The van der Waals surface area contributed by atoms with Gasteiger partial charge in [0.15, 0.2) is 5.82 Å². The van der Waals surface area contributed by atoms with E-state index in [2.05, 4.69) is 37.3 Å². The number of rotatable bonds is 4. The summed E-state index contributed by atoms with van der Waals surface area (Å²) in [6.07, 6.45) is 1.77. The Hall–Kier alpha value is -3.91. The van der Waals surface area contributed by atoms with Gasteiger partial charge >= 0.3 is 6.03 Å². The number of nitrogen functional groups attached to an aromatic ring is 1. The van der Waals surface area contributed by atoms with E-state index in [4.69, 9.17) is 5.73 Å². The number of carbonyl (C=O) groups excluding carboxylic acids is 1. The van der Waals surface area contributed by atoms with Gasteiger partial charge in [0.2, 0.25) is 0 Å². The van der Waals surface area contributed by atoms with Crippen LogP contribution in [0.4, 0.5) is 16.2 Å². The van der Waals surface area contributed by atoms with E-state index in [1.807, 2.05) is 41.3 Å². The van der Waals surface area contributed by atoms with Crippen LogP contribution in [0.15, 0.2) is 66.9 Å². The van der Waals surface area contributed by atoms with E-state index in [-0.39, 0.29) is 6.03 Å². The topological polar surface area (TPSA) is 103 Å². The number of aromatic nitrogens is 3. The molecule has 0 bridgehead atoms. The van der Waals surface area contributed by atoms with Crippen LogP contribution in [0, 0.1) is 0 Å². The fraction of sp³-hybridized carbons (Fsp3) is 0.208. The molecule has 162 valence electrons. The number of imidazole rings is 1. The molecule has 2 aromatic carbocycles. The standard InChI is InChI=1S/C24H25N7O/c25-18-4-3-5-19(15-18)27-24(32)31-12-10-30(11-13-31)16-17-7-8-20-22(14-17)29-23(28-20)21-6-1-2-9-26-21/h1-9,14-15H,10-13,16,25H2,(H,27,32)(H,28,29). The first-order valence-corrected chi connectivity index (χ1v) is 10.7. The quantitative estimate of drug-likeness (QED) is 0.432. The number of hydrogen-bond donors (Lipinski definition) is 3. The third-order valence-electron chi connectivity index (χ3n) is 5.66. The van der Waals surface area contributed by atoms with Crippen molar-refractivity contribution in [2.45, 2.75) is 6.54 Å². The largest absolute Gasteiger partial charge is 0.399 e. The Kier molecular flexibility index (Phi) is 5.43. The van der Waals surface area contributed by atoms with Crippen LogP contribution in [0.25, 0.3) is 22.6 Å². The van der Waals surface area contributed by atoms with Gasteiger partial charge in [0.25, 0.3) is 0 Å². The summed E-state index contributed by atoms with van der Waals surface area (Å²) in [5.41, 5.74) is 11.1. The molecule has 1 fully saturated rings. The minimum atomic E-state index is -0.0869. The molecule has 8 nitrogen and oxygen atoms in total. The zero-order chi connectivity index (χ0) is 21.9. The van der Waals surface area contributed by atoms with Gasteiger partial charge in [0.1, 0.15) is 5.69 Å². The van der Waals surface area contributed by atoms with Gasteiger partial charge in [-0.2, -0.15) is 0 Å². The van der Waals surface area contributed by atoms with Gasteiger partial charge in [-0.15, -0.1) is 0 Å². The molecular formula is C24H25N7O. The monoisotopic (exact) mass is 427 g/mol. The van der Waals surface area contributed by atoms with E-state index in [9.17, 15) is 4.79 Å². The van der Waals surface area contributed by atoms with Crippen molar-refractivity contribution in [1.29, 1.82) is 0 Å². The maximum absolute atomic E-state index is 12.5. The number of H-pyrrole nitrogens is 1. The SMILES string of the molecule is Nc1cccc(NC(=O)N2CCN(Cc3ccc4nc(-c5ccccn5)[nH]c4c3)CC2)c1. The minimum absolute atomic E-state index is 0.0869. The van der Waals surface area contributed by atoms with E-state index >= 15 is 0 Å². The van der Waals surface area contributed by atoms with Crippen molar-refractivity contribution >= 4 is 28.4 Å². The summed E-state index contributed by atoms with van der Waals surface area (Å²) >= 11 is 0. The van der Waals surface area contributed by atoms with E-state index in [0.29, 0.717) is 18.8 Å². The molecule has 8 heteroatoms. The van der Waals surface area contributed by atoms with Crippen molar-refractivity contribution < 1.29 is 4.79 Å². The van der Waals surface area contributed by atoms with Gasteiger partial charge in [-0.05, 0) is 48.0 Å². The highest BCUT2D eigenvalue weighted by atomic mass is 16.2. The first kappa shape index (κ1) is 20.0. The lowest BCUT2D eigenvalue weighted by atomic mass is 10.1. The van der Waals surface area contributed by atoms with E-state index in [1.54, 1.807) is 18.3 Å². The number of nitrogens with zero attached hydrogens (tertiary/aromatic N) is 4. The van der Waals surface area contributed by atoms with Crippen LogP contribution in [0.2, 0.25) is 0 Å². The number of amides is 2. The molecular weight excluding hydrogens is 402 g/mol. The molecule has 5 rings (SSSR count). The number of benzene rings is 2. The Labute approximate surface area is 186 Å². The molecule has 1 saturated heterocycles. The zero-order valence-corrected chi connectivity index (χ0v) is 17.7. The maximum Gasteiger partial charge on any atom is 0.321 e. The van der Waals surface area contributed by atoms with Gasteiger partial charge in [0.05, 0.1) is 11.0 Å². The lowest BCUT2D eigenvalue weighted by Crippen LogP contribution is -2.49. The minimum Gasteiger partial charge on any atom is -0.399 e. The molecule has 1 aliphatic rings. The Bertz CT molecular complexity index is 1230. The second-order valence-electron chi connectivity index (χ2n) is 7.97. The van der Waals surface area contributed by atoms with E-state index < -0.39 is 0 Å². The van der Waals surface area contributed by atoms with Crippen LogP contribution in [0.3, 0.4) is 0 Å². The van der Waals surface area contributed by atoms with Gasteiger partial charge in [-0.1, -0.05) is 18.2 Å². The number of urea groups is 1. The maximum atomic E-state index is 12.5. The van der Waals surface area contributed by atoms with Gasteiger partial charge in [-0.3, -0.25) is 9.88 Å². The summed E-state index contributed by atoms with van der Waals surface area (Å²) in [6.45, 7) is 3.85. The molecule has 4 aromatic rings. The van der Waals surface area contributed by atoms with Crippen molar-refractivity contribution in [2.24, 2.45) is 0 Å². The number of hydrogen-bond acceptors (Lipinski definition) is 5. The second-order valence-corrected chi connectivity index (χ2v) is 7.97. The molecule has 0 spiro atoms. The summed E-state index contributed by atoms with van der Waals surface area (Å²) in [5.74, 6) is 0.776. The second kappa shape index (κ2) is 8.68. The van der Waals surface area contributed by atoms with Crippen molar-refractivity contribution in [3.05, 3.63) is 72.4 Å². The molecule has 3 heterocycles. The summed E-state index contributed by atoms with van der Waals surface area (Å²) < 4.78 is 0. The van der Waals surface area contributed by atoms with Crippen molar-refractivity contribution in [3.8, 4) is 11.5 Å². The third kappa shape index (κ3) is 4.40. The van der Waals surface area contributed by atoms with Gasteiger partial charge in [0, 0.05) is 50.3 Å². The van der Waals surface area contributed by atoms with Crippen molar-refractivity contribution in [2.75, 3.05) is 37.2 Å². The number of piperazine rings is 1. The van der Waals surface area contributed by atoms with Crippen LogP contribution < -0.4 is 11.1 Å². The van der Waals surface area contributed by atoms with Crippen molar-refractivity contribution in [3.63, 3.8) is 0 Å². The highest BCUT2D eigenvalue weighted by molar-refractivity contribution is 5.89. The van der Waals surface area contributed by atoms with Crippen LogP contribution in [0.5, 0.6) is 0 Å². The normalized spacial score (nSPS) is 14.6. The number of anilines is 2. The smallest absolute Gasteiger partial charge is 0.321 e. The Morgan fingerprint density at radius 1 is 1.03 bits per heavy atom. The molecule has 2 amide bonds. The lowest BCUT2D eigenvalue weighted by molar-refractivity contribution is 0.143. The number of aromatic amines is 1. The van der Waals surface area contributed by atoms with E-state index in [0.717, 1.165) is 47.9 Å². The highest BCUT2D eigenvalue weighted by Gasteiger charge is 2.21. The average Bonchev–Trinajstić information content (AvgIpc) is 3.24. The molecule has 0 unspecified atom stereocenters. The Balaban J connectivity index is 1.19. The summed E-state index contributed by atoms with van der Waals surface area (Å²) in [5, 5.41) is 2.93. The number of fused-ring (bicyclic) bond motifs is 1. The summed E-state index contributed by atoms with van der Waals surface area (Å²) in [6, 6.07) is 19.3. The Morgan fingerprint density at radius 3 is 2.69 bits per heavy atom. The molecule has 32 heavy (non-hydrogen) atoms. The van der Waals surface area contributed by atoms with E-state index in [1.165, 1.54) is 5.56 Å². The van der Waals surface area contributed by atoms with Gasteiger partial charge in [-0.25, -0.2) is 9.78 Å². The summed E-state index contributed by atoms with van der Waals surface area (Å²) in [7, 11) is 0. The predicted octanol–water partition coefficient (Wildman–Crippen LogP) is 3.56. The molecule has 0 saturated carbocycles. The molecule has 2 aromatic heterocycles. The molecule has 0 atom stereocenters. The first-order valence-electron chi connectivity index (χ1n) is 10.7. The molecule has 4 N–H and O–H groups in total. The van der Waals surface area contributed by atoms with Crippen LogP contribution in [0.1, 0.15) is 5.56 Å². The fourth-order valence-electron chi connectivity index (χ4n) is 3.97. The van der Waals surface area contributed by atoms with Crippen LogP contribution in [-0.2, 0) is 6.54 Å². The first-order chi connectivity index (χ1) is 15.6.